The number of rotatable bonds is 8. The second kappa shape index (κ2) is 7.53. The summed E-state index contributed by atoms with van der Waals surface area (Å²) in [5.41, 5.74) is 12.2. The molecule has 1 aromatic rings. The van der Waals surface area contributed by atoms with Gasteiger partial charge in [0, 0.05) is 13.1 Å². The molecule has 4 N–H and O–H groups in total. The van der Waals surface area contributed by atoms with Gasteiger partial charge < -0.3 is 11.5 Å². The molecule has 0 aliphatic rings. The lowest BCUT2D eigenvalue weighted by molar-refractivity contribution is -0.118. The minimum Gasteiger partial charge on any atom is -0.369 e. The average Bonchev–Trinajstić information content (AvgIpc) is 2.37. The van der Waals surface area contributed by atoms with Crippen molar-refractivity contribution in [2.24, 2.45) is 17.4 Å². The molecule has 7 heteroatoms. The number of carbonyl (C=O) groups excluding carboxylic acids is 1. The van der Waals surface area contributed by atoms with E-state index in [0.717, 1.165) is 9.87 Å². The minimum absolute atomic E-state index is 0.101. The zero-order valence-corrected chi connectivity index (χ0v) is 13.3. The van der Waals surface area contributed by atoms with Crippen LogP contribution in [0.25, 0.3) is 0 Å². The highest BCUT2D eigenvalue weighted by atomic mass is 32.2. The Morgan fingerprint density at radius 2 is 1.81 bits per heavy atom. The third-order valence-corrected chi connectivity index (χ3v) is 4.71. The maximum Gasteiger partial charge on any atom is 0.232 e. The Kier molecular flexibility index (Phi) is 6.32. The molecule has 21 heavy (non-hydrogen) atoms. The molecule has 1 rings (SSSR count). The molecule has 0 aliphatic carbocycles. The first kappa shape index (κ1) is 17.6. The van der Waals surface area contributed by atoms with Crippen molar-refractivity contribution < 1.29 is 13.2 Å². The zero-order valence-electron chi connectivity index (χ0n) is 12.5. The van der Waals surface area contributed by atoms with E-state index in [9.17, 15) is 13.2 Å². The van der Waals surface area contributed by atoms with E-state index in [0.29, 0.717) is 5.56 Å². The first-order valence-electron chi connectivity index (χ1n) is 6.79. The maximum atomic E-state index is 12.5. The van der Waals surface area contributed by atoms with Crippen LogP contribution in [0.15, 0.2) is 24.3 Å². The molecule has 0 saturated carbocycles. The van der Waals surface area contributed by atoms with Crippen molar-refractivity contribution in [2.45, 2.75) is 26.1 Å². The number of sulfonamides is 1. The number of hydrogen-bond acceptors (Lipinski definition) is 4. The topological polar surface area (TPSA) is 106 Å². The van der Waals surface area contributed by atoms with Gasteiger partial charge in [0.2, 0.25) is 15.9 Å². The number of hydrogen-bond donors (Lipinski definition) is 2. The highest BCUT2D eigenvalue weighted by Crippen LogP contribution is 2.16. The van der Waals surface area contributed by atoms with E-state index in [4.69, 9.17) is 11.5 Å². The van der Waals surface area contributed by atoms with Crippen molar-refractivity contribution in [1.29, 1.82) is 0 Å². The van der Waals surface area contributed by atoms with Crippen LogP contribution in [0.5, 0.6) is 0 Å². The molecule has 0 unspecified atom stereocenters. The molecular weight excluding hydrogens is 290 g/mol. The molecule has 0 spiro atoms. The molecule has 118 valence electrons. The molecule has 0 aromatic heterocycles. The predicted molar refractivity (Wildman–Crippen MR) is 82.6 cm³/mol. The summed E-state index contributed by atoms with van der Waals surface area (Å²) >= 11 is 0. The predicted octanol–water partition coefficient (Wildman–Crippen LogP) is 0.418. The van der Waals surface area contributed by atoms with Crippen LogP contribution in [0.3, 0.4) is 0 Å². The largest absolute Gasteiger partial charge is 0.369 e. The lowest BCUT2D eigenvalue weighted by Crippen LogP contribution is -2.41. The van der Waals surface area contributed by atoms with Crippen molar-refractivity contribution in [3.63, 3.8) is 0 Å². The van der Waals surface area contributed by atoms with E-state index in [2.05, 4.69) is 0 Å². The van der Waals surface area contributed by atoms with Crippen molar-refractivity contribution in [2.75, 3.05) is 13.1 Å². The van der Waals surface area contributed by atoms with Gasteiger partial charge in [-0.25, -0.2) is 8.42 Å². The molecule has 1 aromatic carbocycles. The van der Waals surface area contributed by atoms with Gasteiger partial charge in [-0.15, -0.1) is 0 Å². The third kappa shape index (κ3) is 5.45. The molecule has 0 atom stereocenters. The Morgan fingerprint density at radius 3 is 2.29 bits per heavy atom. The quantitative estimate of drug-likeness (QED) is 0.725. The average molecular weight is 313 g/mol. The first-order chi connectivity index (χ1) is 9.76. The van der Waals surface area contributed by atoms with Gasteiger partial charge in [0.05, 0.1) is 12.3 Å². The van der Waals surface area contributed by atoms with Gasteiger partial charge in [0.1, 0.15) is 0 Å². The Balaban J connectivity index is 3.02. The van der Waals surface area contributed by atoms with Gasteiger partial charge >= 0.3 is 0 Å². The smallest absolute Gasteiger partial charge is 0.232 e. The molecule has 0 radical (unpaired) electrons. The first-order valence-corrected chi connectivity index (χ1v) is 8.40. The molecule has 0 aliphatic heterocycles. The fourth-order valence-corrected chi connectivity index (χ4v) is 3.75. The van der Waals surface area contributed by atoms with Gasteiger partial charge in [-0.05, 0) is 17.0 Å². The van der Waals surface area contributed by atoms with Crippen LogP contribution in [-0.2, 0) is 27.1 Å². The van der Waals surface area contributed by atoms with Crippen LogP contribution in [0.1, 0.15) is 25.0 Å². The van der Waals surface area contributed by atoms with Crippen molar-refractivity contribution in [1.82, 2.24) is 4.31 Å². The summed E-state index contributed by atoms with van der Waals surface area (Å²) in [5.74, 6) is -0.740. The summed E-state index contributed by atoms with van der Waals surface area (Å²) in [6.45, 7) is 4.00. The van der Waals surface area contributed by atoms with Crippen molar-refractivity contribution in [3.8, 4) is 0 Å². The number of nitrogens with two attached hydrogens (primary N) is 2. The van der Waals surface area contributed by atoms with E-state index in [1.807, 2.05) is 19.9 Å². The standard InChI is InChI=1S/C14H23N3O3S/c1-11(2)8-17(9-14(16)18)21(19,20)10-13-6-4-3-5-12(13)7-15/h3-6,11H,7-10,15H2,1-2H3,(H2,16,18). The lowest BCUT2D eigenvalue weighted by atomic mass is 10.1. The van der Waals surface area contributed by atoms with Crippen LogP contribution in [0, 0.1) is 5.92 Å². The maximum absolute atomic E-state index is 12.5. The number of nitrogens with zero attached hydrogens (tertiary/aromatic N) is 1. The normalized spacial score (nSPS) is 12.0. The van der Waals surface area contributed by atoms with E-state index in [1.165, 1.54) is 0 Å². The van der Waals surface area contributed by atoms with Crippen LogP contribution in [-0.4, -0.2) is 31.7 Å². The van der Waals surface area contributed by atoms with E-state index in [-0.39, 0.29) is 31.3 Å². The molecule has 0 bridgehead atoms. The summed E-state index contributed by atoms with van der Waals surface area (Å²) in [4.78, 5) is 11.1. The molecular formula is C14H23N3O3S. The van der Waals surface area contributed by atoms with Gasteiger partial charge in [-0.1, -0.05) is 38.1 Å². The van der Waals surface area contributed by atoms with E-state index < -0.39 is 15.9 Å². The van der Waals surface area contributed by atoms with E-state index >= 15 is 0 Å². The zero-order chi connectivity index (χ0) is 16.0. The Hall–Kier alpha value is -1.44. The second-order valence-electron chi connectivity index (χ2n) is 5.38. The summed E-state index contributed by atoms with van der Waals surface area (Å²) < 4.78 is 26.2. The second-order valence-corrected chi connectivity index (χ2v) is 7.35. The lowest BCUT2D eigenvalue weighted by Gasteiger charge is -2.23. The number of primary amides is 1. The summed E-state index contributed by atoms with van der Waals surface area (Å²) in [7, 11) is -3.62. The Labute approximate surface area is 126 Å². The highest BCUT2D eigenvalue weighted by molar-refractivity contribution is 7.88. The summed E-state index contributed by atoms with van der Waals surface area (Å²) in [6.07, 6.45) is 0. The Morgan fingerprint density at radius 1 is 1.24 bits per heavy atom. The van der Waals surface area contributed by atoms with Crippen LogP contribution in [0.4, 0.5) is 0 Å². The van der Waals surface area contributed by atoms with Crippen LogP contribution >= 0.6 is 0 Å². The fraction of sp³-hybridized carbons (Fsp3) is 0.500. The van der Waals surface area contributed by atoms with Crippen molar-refractivity contribution >= 4 is 15.9 Å². The number of carbonyl (C=O) groups is 1. The molecule has 0 fully saturated rings. The van der Waals surface area contributed by atoms with Gasteiger partial charge in [0.15, 0.2) is 0 Å². The van der Waals surface area contributed by atoms with Gasteiger partial charge in [0.25, 0.3) is 0 Å². The SMILES string of the molecule is CC(C)CN(CC(N)=O)S(=O)(=O)Cc1ccccc1CN. The molecule has 0 saturated heterocycles. The summed E-state index contributed by atoms with van der Waals surface area (Å²) in [6, 6.07) is 7.11. The monoisotopic (exact) mass is 313 g/mol. The van der Waals surface area contributed by atoms with Gasteiger partial charge in [-0.2, -0.15) is 4.31 Å². The number of amides is 1. The Bertz CT molecular complexity index is 585. The highest BCUT2D eigenvalue weighted by Gasteiger charge is 2.25. The number of benzene rings is 1. The minimum atomic E-state index is -3.62. The molecule has 1 amide bonds. The summed E-state index contributed by atoms with van der Waals surface area (Å²) in [5, 5.41) is 0. The fourth-order valence-electron chi connectivity index (χ4n) is 2.04. The van der Waals surface area contributed by atoms with Crippen molar-refractivity contribution in [3.05, 3.63) is 35.4 Å². The van der Waals surface area contributed by atoms with Gasteiger partial charge in [-0.3, -0.25) is 4.79 Å². The van der Waals surface area contributed by atoms with Crippen LogP contribution < -0.4 is 11.5 Å². The molecule has 0 heterocycles. The van der Waals surface area contributed by atoms with E-state index in [1.54, 1.807) is 18.2 Å². The van der Waals surface area contributed by atoms with Crippen LogP contribution in [0.2, 0.25) is 0 Å². The third-order valence-electron chi connectivity index (χ3n) is 2.97. The molecule has 6 nitrogen and oxygen atoms in total.